The van der Waals surface area contributed by atoms with Gasteiger partial charge in [0.2, 0.25) is 0 Å². The van der Waals surface area contributed by atoms with Crippen LogP contribution in [0, 0.1) is 0 Å². The molecule has 0 N–H and O–H groups in total. The van der Waals surface area contributed by atoms with E-state index in [1.54, 1.807) is 38.3 Å². The Bertz CT molecular complexity index is 1120. The highest BCUT2D eigenvalue weighted by atomic mass is 16.5. The molecule has 3 aromatic carbocycles. The first-order chi connectivity index (χ1) is 15.4. The van der Waals surface area contributed by atoms with Gasteiger partial charge in [-0.05, 0) is 79.7 Å². The van der Waals surface area contributed by atoms with E-state index in [-0.39, 0.29) is 0 Å². The van der Waals surface area contributed by atoms with Gasteiger partial charge in [-0.15, -0.1) is 0 Å². The minimum absolute atomic E-state index is 0.325. The van der Waals surface area contributed by atoms with Gasteiger partial charge in [-0.2, -0.15) is 0 Å². The SMILES string of the molecule is C=CC(=O)Oc1ccc(N(c2ccc(OC)cc2)c2ccc(OC(=O)C(=C)C)cc2)cc1. The monoisotopic (exact) mass is 429 g/mol. The molecule has 0 heterocycles. The van der Waals surface area contributed by atoms with Gasteiger partial charge in [-0.25, -0.2) is 9.59 Å². The number of carbonyl (C=O) groups is 2. The summed E-state index contributed by atoms with van der Waals surface area (Å²) in [5, 5.41) is 0. The van der Waals surface area contributed by atoms with Crippen LogP contribution in [0.3, 0.4) is 0 Å². The lowest BCUT2D eigenvalue weighted by molar-refractivity contribution is -0.130. The predicted molar refractivity (Wildman–Crippen MR) is 124 cm³/mol. The number of benzene rings is 3. The van der Waals surface area contributed by atoms with E-state index in [2.05, 4.69) is 13.2 Å². The Hall–Kier alpha value is -4.32. The molecule has 0 aliphatic heterocycles. The summed E-state index contributed by atoms with van der Waals surface area (Å²) in [6.07, 6.45) is 1.11. The quantitative estimate of drug-likeness (QED) is 0.259. The summed E-state index contributed by atoms with van der Waals surface area (Å²) in [6, 6.07) is 21.8. The molecule has 6 heteroatoms. The van der Waals surface area contributed by atoms with E-state index in [4.69, 9.17) is 14.2 Å². The number of carbonyl (C=O) groups excluding carboxylic acids is 2. The molecule has 32 heavy (non-hydrogen) atoms. The Morgan fingerprint density at radius 1 is 0.750 bits per heavy atom. The van der Waals surface area contributed by atoms with Crippen LogP contribution < -0.4 is 19.1 Å². The smallest absolute Gasteiger partial charge is 0.338 e. The van der Waals surface area contributed by atoms with Crippen LogP contribution in [0.5, 0.6) is 17.2 Å². The van der Waals surface area contributed by atoms with Crippen LogP contribution in [0.4, 0.5) is 17.1 Å². The molecule has 3 rings (SSSR count). The second-order valence-electron chi connectivity index (χ2n) is 6.82. The number of nitrogens with zero attached hydrogens (tertiary/aromatic N) is 1. The Morgan fingerprint density at radius 2 is 1.16 bits per heavy atom. The first-order valence-corrected chi connectivity index (χ1v) is 9.77. The fourth-order valence-electron chi connectivity index (χ4n) is 2.86. The van der Waals surface area contributed by atoms with E-state index in [1.807, 2.05) is 53.4 Å². The highest BCUT2D eigenvalue weighted by Crippen LogP contribution is 2.36. The Labute approximate surface area is 187 Å². The van der Waals surface area contributed by atoms with E-state index in [9.17, 15) is 9.59 Å². The van der Waals surface area contributed by atoms with Crippen LogP contribution >= 0.6 is 0 Å². The van der Waals surface area contributed by atoms with Gasteiger partial charge >= 0.3 is 11.9 Å². The Morgan fingerprint density at radius 3 is 1.53 bits per heavy atom. The number of hydrogen-bond acceptors (Lipinski definition) is 6. The van der Waals surface area contributed by atoms with E-state index in [1.165, 1.54) is 0 Å². The fraction of sp³-hybridized carbons (Fsp3) is 0.0769. The number of ether oxygens (including phenoxy) is 3. The molecule has 0 fully saturated rings. The molecule has 162 valence electrons. The van der Waals surface area contributed by atoms with Crippen molar-refractivity contribution in [2.45, 2.75) is 6.92 Å². The van der Waals surface area contributed by atoms with Gasteiger partial charge < -0.3 is 19.1 Å². The molecule has 0 spiro atoms. The molecule has 0 unspecified atom stereocenters. The Balaban J connectivity index is 1.95. The van der Waals surface area contributed by atoms with Crippen molar-refractivity contribution in [1.82, 2.24) is 0 Å². The number of rotatable bonds is 8. The molecule has 6 nitrogen and oxygen atoms in total. The van der Waals surface area contributed by atoms with Crippen molar-refractivity contribution in [2.24, 2.45) is 0 Å². The average Bonchev–Trinajstić information content (AvgIpc) is 2.81. The lowest BCUT2D eigenvalue weighted by Gasteiger charge is -2.26. The summed E-state index contributed by atoms with van der Waals surface area (Å²) >= 11 is 0. The van der Waals surface area contributed by atoms with Crippen LogP contribution in [0.25, 0.3) is 0 Å². The summed E-state index contributed by atoms with van der Waals surface area (Å²) in [5.41, 5.74) is 2.88. The molecular formula is C26H23NO5. The minimum Gasteiger partial charge on any atom is -0.497 e. The summed E-state index contributed by atoms with van der Waals surface area (Å²) in [6.45, 7) is 8.59. The zero-order valence-corrected chi connectivity index (χ0v) is 17.9. The largest absolute Gasteiger partial charge is 0.497 e. The molecular weight excluding hydrogens is 406 g/mol. The summed E-state index contributed by atoms with van der Waals surface area (Å²) < 4.78 is 15.7. The molecule has 0 bridgehead atoms. The molecule has 0 aliphatic rings. The lowest BCUT2D eigenvalue weighted by Crippen LogP contribution is -2.11. The van der Waals surface area contributed by atoms with Gasteiger partial charge in [-0.1, -0.05) is 13.2 Å². The van der Waals surface area contributed by atoms with E-state index in [0.29, 0.717) is 17.1 Å². The van der Waals surface area contributed by atoms with Crippen LogP contribution in [0.15, 0.2) is 97.6 Å². The highest BCUT2D eigenvalue weighted by Gasteiger charge is 2.14. The molecule has 0 aromatic heterocycles. The third-order valence-corrected chi connectivity index (χ3v) is 4.46. The van der Waals surface area contributed by atoms with Crippen molar-refractivity contribution in [1.29, 1.82) is 0 Å². The van der Waals surface area contributed by atoms with Gasteiger partial charge in [-0.3, -0.25) is 0 Å². The van der Waals surface area contributed by atoms with Crippen LogP contribution in [-0.4, -0.2) is 19.0 Å². The number of esters is 2. The molecule has 3 aromatic rings. The fourth-order valence-corrected chi connectivity index (χ4v) is 2.86. The van der Waals surface area contributed by atoms with Gasteiger partial charge in [0.05, 0.1) is 7.11 Å². The van der Waals surface area contributed by atoms with Crippen LogP contribution in [-0.2, 0) is 9.59 Å². The maximum Gasteiger partial charge on any atom is 0.338 e. The lowest BCUT2D eigenvalue weighted by atomic mass is 10.2. The predicted octanol–water partition coefficient (Wildman–Crippen LogP) is 5.74. The number of anilines is 3. The van der Waals surface area contributed by atoms with Gasteiger partial charge in [0.25, 0.3) is 0 Å². The van der Waals surface area contributed by atoms with Crippen molar-refractivity contribution in [3.63, 3.8) is 0 Å². The second-order valence-corrected chi connectivity index (χ2v) is 6.82. The normalized spacial score (nSPS) is 10.1. The standard InChI is InChI=1S/C26H23NO5/c1-5-25(28)31-23-14-8-20(9-15-23)27(19-6-12-22(30-4)13-7-19)21-10-16-24(17-11-21)32-26(29)18(2)3/h5-17H,1-2H2,3-4H3. The Kier molecular flexibility index (Phi) is 7.08. The number of methoxy groups -OCH3 is 1. The molecule has 0 aliphatic carbocycles. The summed E-state index contributed by atoms with van der Waals surface area (Å²) in [7, 11) is 1.61. The first-order valence-electron chi connectivity index (χ1n) is 9.77. The van der Waals surface area contributed by atoms with Gasteiger partial charge in [0.1, 0.15) is 17.2 Å². The van der Waals surface area contributed by atoms with Crippen LogP contribution in [0.2, 0.25) is 0 Å². The summed E-state index contributed by atoms with van der Waals surface area (Å²) in [5.74, 6) is 0.569. The highest BCUT2D eigenvalue weighted by molar-refractivity contribution is 5.89. The zero-order valence-electron chi connectivity index (χ0n) is 17.9. The van der Waals surface area contributed by atoms with Crippen molar-refractivity contribution >= 4 is 29.0 Å². The third kappa shape index (κ3) is 5.43. The van der Waals surface area contributed by atoms with Crippen molar-refractivity contribution in [2.75, 3.05) is 12.0 Å². The van der Waals surface area contributed by atoms with Gasteiger partial charge in [0.15, 0.2) is 0 Å². The topological polar surface area (TPSA) is 65.1 Å². The maximum absolute atomic E-state index is 11.8. The zero-order chi connectivity index (χ0) is 23.1. The molecule has 0 atom stereocenters. The van der Waals surface area contributed by atoms with E-state index >= 15 is 0 Å². The van der Waals surface area contributed by atoms with E-state index < -0.39 is 11.9 Å². The molecule has 0 saturated carbocycles. The maximum atomic E-state index is 11.8. The minimum atomic E-state index is -0.523. The second kappa shape index (κ2) is 10.1. The van der Waals surface area contributed by atoms with E-state index in [0.717, 1.165) is 28.9 Å². The van der Waals surface area contributed by atoms with Crippen molar-refractivity contribution < 1.29 is 23.8 Å². The van der Waals surface area contributed by atoms with Crippen LogP contribution in [0.1, 0.15) is 6.92 Å². The van der Waals surface area contributed by atoms with Crippen molar-refractivity contribution in [3.8, 4) is 17.2 Å². The molecule has 0 radical (unpaired) electrons. The third-order valence-electron chi connectivity index (χ3n) is 4.46. The first kappa shape index (κ1) is 22.4. The summed E-state index contributed by atoms with van der Waals surface area (Å²) in [4.78, 5) is 25.2. The molecule has 0 saturated heterocycles. The van der Waals surface area contributed by atoms with Gasteiger partial charge in [0, 0.05) is 28.7 Å². The van der Waals surface area contributed by atoms with Crippen molar-refractivity contribution in [3.05, 3.63) is 97.6 Å². The average molecular weight is 429 g/mol. The number of hydrogen-bond donors (Lipinski definition) is 0. The molecule has 0 amide bonds.